The molecular weight excluding hydrogens is 280 g/mol. The lowest BCUT2D eigenvalue weighted by Gasteiger charge is -2.44. The Hall–Kier alpha value is -0.360. The molecular formula is C14H25ClN2O3. The van der Waals surface area contributed by atoms with Gasteiger partial charge in [-0.25, -0.2) is 0 Å². The third kappa shape index (κ3) is 3.11. The molecule has 3 fully saturated rings. The van der Waals surface area contributed by atoms with Crippen LogP contribution in [0.15, 0.2) is 0 Å². The van der Waals surface area contributed by atoms with E-state index in [-0.39, 0.29) is 30.5 Å². The second-order valence-electron chi connectivity index (χ2n) is 5.92. The van der Waals surface area contributed by atoms with Gasteiger partial charge in [0, 0.05) is 31.7 Å². The van der Waals surface area contributed by atoms with Crippen LogP contribution in [0.5, 0.6) is 0 Å². The van der Waals surface area contributed by atoms with Crippen molar-refractivity contribution in [2.75, 3.05) is 26.3 Å². The van der Waals surface area contributed by atoms with E-state index >= 15 is 0 Å². The summed E-state index contributed by atoms with van der Waals surface area (Å²) in [6.07, 6.45) is 4.81. The number of hydrogen-bond donors (Lipinski definition) is 1. The van der Waals surface area contributed by atoms with E-state index in [9.17, 15) is 4.79 Å². The maximum absolute atomic E-state index is 12.6. The van der Waals surface area contributed by atoms with Gasteiger partial charge in [0.05, 0.1) is 12.7 Å². The number of likely N-dealkylation sites (tertiary alicyclic amines) is 1. The molecule has 4 atom stereocenters. The first-order valence-corrected chi connectivity index (χ1v) is 7.53. The van der Waals surface area contributed by atoms with E-state index in [4.69, 9.17) is 15.2 Å². The number of hydrogen-bond acceptors (Lipinski definition) is 4. The van der Waals surface area contributed by atoms with Crippen molar-refractivity contribution < 1.29 is 14.3 Å². The van der Waals surface area contributed by atoms with Gasteiger partial charge in [0.15, 0.2) is 0 Å². The van der Waals surface area contributed by atoms with Gasteiger partial charge < -0.3 is 20.1 Å². The number of carbonyl (C=O) groups is 1. The highest BCUT2D eigenvalue weighted by Gasteiger charge is 2.40. The topological polar surface area (TPSA) is 64.8 Å². The summed E-state index contributed by atoms with van der Waals surface area (Å²) in [4.78, 5) is 14.7. The highest BCUT2D eigenvalue weighted by molar-refractivity contribution is 5.85. The summed E-state index contributed by atoms with van der Waals surface area (Å²) in [6, 6.07) is 0.371. The van der Waals surface area contributed by atoms with Crippen LogP contribution in [0.3, 0.4) is 0 Å². The van der Waals surface area contributed by atoms with Gasteiger partial charge in [0.25, 0.3) is 5.91 Å². The molecule has 0 bridgehead atoms. The Labute approximate surface area is 126 Å². The predicted molar refractivity (Wildman–Crippen MR) is 77.9 cm³/mol. The number of fused-ring (bicyclic) bond motifs is 1. The maximum atomic E-state index is 12.6. The van der Waals surface area contributed by atoms with Crippen molar-refractivity contribution in [2.45, 2.75) is 50.4 Å². The van der Waals surface area contributed by atoms with E-state index < -0.39 is 0 Å². The van der Waals surface area contributed by atoms with E-state index in [2.05, 4.69) is 4.90 Å². The third-order valence-electron chi connectivity index (χ3n) is 4.74. The summed E-state index contributed by atoms with van der Waals surface area (Å²) in [5, 5.41) is 0. The summed E-state index contributed by atoms with van der Waals surface area (Å²) >= 11 is 0. The summed E-state index contributed by atoms with van der Waals surface area (Å²) < 4.78 is 11.3. The molecule has 2 unspecified atom stereocenters. The van der Waals surface area contributed by atoms with Crippen LogP contribution in [-0.4, -0.2) is 55.4 Å². The zero-order valence-electron chi connectivity index (χ0n) is 11.8. The van der Waals surface area contributed by atoms with Crippen LogP contribution >= 0.6 is 12.4 Å². The first kappa shape index (κ1) is 16.0. The molecule has 3 aliphatic rings. The van der Waals surface area contributed by atoms with Crippen molar-refractivity contribution in [3.63, 3.8) is 0 Å². The van der Waals surface area contributed by atoms with Gasteiger partial charge in [0.1, 0.15) is 6.10 Å². The van der Waals surface area contributed by atoms with Gasteiger partial charge in [-0.3, -0.25) is 4.79 Å². The Kier molecular flexibility index (Phi) is 5.66. The number of ether oxygens (including phenoxy) is 2. The fourth-order valence-corrected chi connectivity index (χ4v) is 3.68. The number of nitrogens with two attached hydrogens (primary N) is 1. The van der Waals surface area contributed by atoms with Gasteiger partial charge in [-0.05, 0) is 32.1 Å². The van der Waals surface area contributed by atoms with Crippen molar-refractivity contribution in [1.82, 2.24) is 4.90 Å². The van der Waals surface area contributed by atoms with Crippen LogP contribution < -0.4 is 5.73 Å². The van der Waals surface area contributed by atoms with E-state index in [1.165, 1.54) is 6.42 Å². The minimum absolute atomic E-state index is 0. The van der Waals surface area contributed by atoms with E-state index in [1.807, 2.05) is 0 Å². The summed E-state index contributed by atoms with van der Waals surface area (Å²) in [5.74, 6) is 0.714. The molecule has 3 saturated heterocycles. The largest absolute Gasteiger partial charge is 0.381 e. The molecule has 0 aromatic rings. The Balaban J connectivity index is 0.00000147. The van der Waals surface area contributed by atoms with Crippen molar-refractivity contribution in [1.29, 1.82) is 0 Å². The first-order chi connectivity index (χ1) is 9.29. The van der Waals surface area contributed by atoms with Gasteiger partial charge in [-0.2, -0.15) is 0 Å². The van der Waals surface area contributed by atoms with Gasteiger partial charge >= 0.3 is 0 Å². The number of amides is 1. The molecule has 0 aromatic carbocycles. The quantitative estimate of drug-likeness (QED) is 0.825. The van der Waals surface area contributed by atoms with Crippen LogP contribution in [0.2, 0.25) is 0 Å². The third-order valence-corrected chi connectivity index (χ3v) is 4.74. The van der Waals surface area contributed by atoms with Gasteiger partial charge in [0.2, 0.25) is 0 Å². The molecule has 2 N–H and O–H groups in total. The number of halogens is 1. The Morgan fingerprint density at radius 1 is 1.25 bits per heavy atom. The molecule has 0 aliphatic carbocycles. The average Bonchev–Trinajstić information content (AvgIpc) is 2.95. The van der Waals surface area contributed by atoms with E-state index in [0.717, 1.165) is 45.4 Å². The Morgan fingerprint density at radius 3 is 2.85 bits per heavy atom. The van der Waals surface area contributed by atoms with Crippen molar-refractivity contribution in [2.24, 2.45) is 11.7 Å². The highest BCUT2D eigenvalue weighted by atomic mass is 35.5. The van der Waals surface area contributed by atoms with Gasteiger partial charge in [-0.15, -0.1) is 12.4 Å². The number of carbonyl (C=O) groups excluding carboxylic acids is 1. The number of rotatable bonds is 2. The Bertz CT molecular complexity index is 340. The molecule has 0 aromatic heterocycles. The molecule has 5 nitrogen and oxygen atoms in total. The van der Waals surface area contributed by atoms with Crippen molar-refractivity contribution >= 4 is 18.3 Å². The molecule has 0 saturated carbocycles. The molecule has 1 amide bonds. The Morgan fingerprint density at radius 2 is 2.10 bits per heavy atom. The zero-order valence-corrected chi connectivity index (χ0v) is 12.6. The molecule has 0 radical (unpaired) electrons. The smallest absolute Gasteiger partial charge is 0.251 e. The molecule has 3 heterocycles. The predicted octanol–water partition coefficient (Wildman–Crippen LogP) is 0.942. The monoisotopic (exact) mass is 304 g/mol. The number of piperidine rings is 1. The van der Waals surface area contributed by atoms with Crippen LogP contribution in [0.25, 0.3) is 0 Å². The molecule has 6 heteroatoms. The second kappa shape index (κ2) is 7.07. The molecule has 0 spiro atoms. The highest BCUT2D eigenvalue weighted by Crippen LogP contribution is 2.31. The normalized spacial score (nSPS) is 37.1. The van der Waals surface area contributed by atoms with Gasteiger partial charge in [-0.1, -0.05) is 0 Å². The number of nitrogens with zero attached hydrogens (tertiary/aromatic N) is 1. The lowest BCUT2D eigenvalue weighted by atomic mass is 9.86. The standard InChI is InChI=1S/C14H24N2O3.ClH/c15-8-11-3-4-13(19-11)14(17)16-6-1-2-10-9-18-7-5-12(10)16;/h10-13H,1-9,15H2;1H/t10?,11-,12?,13+;/m1./s1. The first-order valence-electron chi connectivity index (χ1n) is 7.53. The van der Waals surface area contributed by atoms with Crippen molar-refractivity contribution in [3.05, 3.63) is 0 Å². The van der Waals surface area contributed by atoms with Crippen LogP contribution in [0.1, 0.15) is 32.1 Å². The van der Waals surface area contributed by atoms with Crippen LogP contribution in [0, 0.1) is 5.92 Å². The molecule has 3 rings (SSSR count). The average molecular weight is 305 g/mol. The van der Waals surface area contributed by atoms with Crippen LogP contribution in [-0.2, 0) is 14.3 Å². The molecule has 20 heavy (non-hydrogen) atoms. The lowest BCUT2D eigenvalue weighted by molar-refractivity contribution is -0.152. The minimum Gasteiger partial charge on any atom is -0.381 e. The fraction of sp³-hybridized carbons (Fsp3) is 0.929. The second-order valence-corrected chi connectivity index (χ2v) is 5.92. The molecule has 116 valence electrons. The summed E-state index contributed by atoms with van der Waals surface area (Å²) in [6.45, 7) is 2.99. The lowest BCUT2D eigenvalue weighted by Crippen LogP contribution is -2.54. The fourth-order valence-electron chi connectivity index (χ4n) is 3.68. The summed E-state index contributed by atoms with van der Waals surface area (Å²) in [7, 11) is 0. The minimum atomic E-state index is -0.254. The SMILES string of the molecule is Cl.NC[C@H]1CC[C@@H](C(=O)N2CCCC3COCCC32)O1. The van der Waals surface area contributed by atoms with Crippen LogP contribution in [0.4, 0.5) is 0 Å². The zero-order chi connectivity index (χ0) is 13.2. The van der Waals surface area contributed by atoms with E-state index in [1.54, 1.807) is 0 Å². The van der Waals surface area contributed by atoms with Crippen molar-refractivity contribution in [3.8, 4) is 0 Å². The van der Waals surface area contributed by atoms with E-state index in [0.29, 0.717) is 18.5 Å². The summed E-state index contributed by atoms with van der Waals surface area (Å²) in [5.41, 5.74) is 5.61. The maximum Gasteiger partial charge on any atom is 0.251 e. The molecule has 3 aliphatic heterocycles.